The van der Waals surface area contributed by atoms with E-state index >= 15 is 0 Å². The molecule has 4 rings (SSSR count). The molecule has 0 spiro atoms. The third-order valence-corrected chi connectivity index (χ3v) is 9.36. The highest BCUT2D eigenvalue weighted by Crippen LogP contribution is 2.39. The number of likely N-dealkylation sites (tertiary alicyclic amines) is 1. The van der Waals surface area contributed by atoms with Crippen molar-refractivity contribution in [2.75, 3.05) is 50.5 Å². The Balaban J connectivity index is 1.53. The van der Waals surface area contributed by atoms with Crippen molar-refractivity contribution in [3.63, 3.8) is 0 Å². The van der Waals surface area contributed by atoms with Crippen LogP contribution in [0, 0.1) is 23.2 Å². The van der Waals surface area contributed by atoms with Crippen molar-refractivity contribution in [3.8, 4) is 23.7 Å². The fourth-order valence-corrected chi connectivity index (χ4v) is 6.77. The fourth-order valence-electron chi connectivity index (χ4n) is 5.60. The number of benzene rings is 2. The van der Waals surface area contributed by atoms with Crippen LogP contribution in [0.4, 0.5) is 24.5 Å². The lowest BCUT2D eigenvalue weighted by molar-refractivity contribution is -0.143. The number of methoxy groups -OCH3 is 1. The van der Waals surface area contributed by atoms with Crippen molar-refractivity contribution in [2.45, 2.75) is 57.3 Å². The second-order valence-corrected chi connectivity index (χ2v) is 12.6. The molecule has 15 heteroatoms. The normalized spacial score (nSPS) is 14.2. The lowest BCUT2D eigenvalue weighted by Gasteiger charge is -2.32. The van der Waals surface area contributed by atoms with Gasteiger partial charge in [0.25, 0.3) is 5.91 Å². The third kappa shape index (κ3) is 10.5. The number of esters is 1. The Morgan fingerprint density at radius 2 is 1.92 bits per heavy atom. The quantitative estimate of drug-likeness (QED) is 0.136. The van der Waals surface area contributed by atoms with Crippen molar-refractivity contribution in [3.05, 3.63) is 52.4 Å². The summed E-state index contributed by atoms with van der Waals surface area (Å²) in [7, 11) is 1.15. The number of carbonyl (C=O) groups excluding carboxylic acids is 3. The number of fused-ring (bicyclic) bond motifs is 1. The highest BCUT2D eigenvalue weighted by Gasteiger charge is 2.31. The van der Waals surface area contributed by atoms with Gasteiger partial charge in [-0.2, -0.15) is 18.4 Å². The van der Waals surface area contributed by atoms with Crippen LogP contribution in [0.15, 0.2) is 36.4 Å². The summed E-state index contributed by atoms with van der Waals surface area (Å²) in [5.74, 6) is 3.89. The van der Waals surface area contributed by atoms with Gasteiger partial charge in [-0.25, -0.2) is 4.79 Å². The number of thiophene rings is 1. The molecule has 0 bridgehead atoms. The Morgan fingerprint density at radius 1 is 1.16 bits per heavy atom. The highest BCUT2D eigenvalue weighted by molar-refractivity contribution is 7.20. The van der Waals surface area contributed by atoms with Gasteiger partial charge in [0, 0.05) is 31.1 Å². The van der Waals surface area contributed by atoms with Crippen LogP contribution >= 0.6 is 11.3 Å². The number of carbonyl (C=O) groups is 3. The van der Waals surface area contributed by atoms with Crippen molar-refractivity contribution in [1.29, 1.82) is 5.26 Å². The summed E-state index contributed by atoms with van der Waals surface area (Å²) in [6.45, 7) is 4.71. The molecule has 1 fully saturated rings. The van der Waals surface area contributed by atoms with Gasteiger partial charge in [0.1, 0.15) is 17.9 Å². The number of ether oxygens (including phenoxy) is 2. The van der Waals surface area contributed by atoms with Crippen LogP contribution in [0.1, 0.15) is 53.4 Å². The first kappa shape index (κ1) is 37.8. The molecule has 2 aromatic carbocycles. The highest BCUT2D eigenvalue weighted by atomic mass is 32.1. The van der Waals surface area contributed by atoms with Crippen LogP contribution < -0.4 is 26.4 Å². The zero-order valence-corrected chi connectivity index (χ0v) is 28.6. The van der Waals surface area contributed by atoms with E-state index in [2.05, 4.69) is 39.6 Å². The van der Waals surface area contributed by atoms with Gasteiger partial charge < -0.3 is 36.1 Å². The maximum absolute atomic E-state index is 13.7. The van der Waals surface area contributed by atoms with E-state index in [1.807, 2.05) is 12.1 Å². The molecule has 1 unspecified atom stereocenters. The number of piperidine rings is 1. The van der Waals surface area contributed by atoms with E-state index in [0.29, 0.717) is 16.0 Å². The van der Waals surface area contributed by atoms with E-state index in [-0.39, 0.29) is 48.9 Å². The lowest BCUT2D eigenvalue weighted by Crippen LogP contribution is -2.42. The molecular formula is C35H39F3N6O5S. The zero-order valence-electron chi connectivity index (χ0n) is 27.7. The number of alkyl halides is 3. The van der Waals surface area contributed by atoms with Gasteiger partial charge in [-0.1, -0.05) is 30.9 Å². The fraction of sp³-hybridized carbons (Fsp3) is 0.429. The molecule has 0 aliphatic carbocycles. The second kappa shape index (κ2) is 17.6. The topological polar surface area (TPSA) is 159 Å². The van der Waals surface area contributed by atoms with Crippen LogP contribution in [-0.2, 0) is 20.7 Å². The van der Waals surface area contributed by atoms with Crippen molar-refractivity contribution in [2.24, 2.45) is 5.73 Å². The molecule has 1 aliphatic rings. The summed E-state index contributed by atoms with van der Waals surface area (Å²) in [6, 6.07) is 10.6. The Hall–Kier alpha value is -4.99. The number of amides is 2. The Kier molecular flexibility index (Phi) is 13.3. The lowest BCUT2D eigenvalue weighted by atomic mass is 10.0. The Labute approximate surface area is 292 Å². The molecule has 3 aromatic rings. The maximum atomic E-state index is 13.7. The van der Waals surface area contributed by atoms with E-state index in [1.54, 1.807) is 12.1 Å². The molecule has 2 heterocycles. The minimum atomic E-state index is -4.43. The molecule has 0 saturated carbocycles. The number of primary amides is 1. The van der Waals surface area contributed by atoms with Crippen molar-refractivity contribution >= 4 is 50.6 Å². The Bertz CT molecular complexity index is 1790. The smallest absolute Gasteiger partial charge is 0.393 e. The summed E-state index contributed by atoms with van der Waals surface area (Å²) in [5, 5.41) is 18.7. The predicted molar refractivity (Wildman–Crippen MR) is 185 cm³/mol. The van der Waals surface area contributed by atoms with Crippen LogP contribution in [0.5, 0.6) is 5.75 Å². The first-order chi connectivity index (χ1) is 23.9. The van der Waals surface area contributed by atoms with Gasteiger partial charge >= 0.3 is 12.1 Å². The average molecular weight is 713 g/mol. The van der Waals surface area contributed by atoms with E-state index in [0.717, 1.165) is 50.0 Å². The van der Waals surface area contributed by atoms with Gasteiger partial charge in [-0.05, 0) is 61.0 Å². The molecule has 1 aliphatic heterocycles. The van der Waals surface area contributed by atoms with Crippen LogP contribution in [-0.4, -0.2) is 80.8 Å². The summed E-state index contributed by atoms with van der Waals surface area (Å²) >= 11 is 1.23. The average Bonchev–Trinajstić information content (AvgIpc) is 3.43. The van der Waals surface area contributed by atoms with E-state index in [4.69, 9.17) is 20.5 Å². The van der Waals surface area contributed by atoms with Gasteiger partial charge in [0.05, 0.1) is 41.0 Å². The van der Waals surface area contributed by atoms with Crippen molar-refractivity contribution < 1.29 is 37.0 Å². The Morgan fingerprint density at radius 3 is 2.58 bits per heavy atom. The number of nitrogens with one attached hydrogen (secondary N) is 3. The number of nitrogens with zero attached hydrogens (tertiary/aromatic N) is 2. The summed E-state index contributed by atoms with van der Waals surface area (Å²) < 4.78 is 52.1. The van der Waals surface area contributed by atoms with E-state index in [1.165, 1.54) is 29.5 Å². The molecule has 1 aromatic heterocycles. The number of nitriles is 1. The summed E-state index contributed by atoms with van der Waals surface area (Å²) in [4.78, 5) is 39.0. The monoisotopic (exact) mass is 712 g/mol. The first-order valence-corrected chi connectivity index (χ1v) is 16.9. The largest absolute Gasteiger partial charge is 0.477 e. The molecule has 50 heavy (non-hydrogen) atoms. The zero-order chi connectivity index (χ0) is 36.3. The van der Waals surface area contributed by atoms with Crippen LogP contribution in [0.25, 0.3) is 10.1 Å². The standard InChI is InChI=1S/C35H39F3N6O5S/c1-3-44-17-13-23(14-18-44)42-27-7-4-6-24-25(21-35(36,37)38)30(50-32(24)27)8-5-16-41-26-10-9-22(20-29(26)49-19-15-39)33(46)43-28(34(47)48-2)11-12-31(40)45/h4,6-7,9-10,20,23,28,41-42H,3,11-14,16-19,21H2,1-2H3,(H2,40,45)(H,43,46). The molecule has 11 nitrogen and oxygen atoms in total. The van der Waals surface area contributed by atoms with Gasteiger partial charge in [0.15, 0.2) is 6.61 Å². The maximum Gasteiger partial charge on any atom is 0.393 e. The second-order valence-electron chi connectivity index (χ2n) is 11.6. The number of halogens is 3. The predicted octanol–water partition coefficient (Wildman–Crippen LogP) is 4.81. The van der Waals surface area contributed by atoms with Crippen LogP contribution in [0.2, 0.25) is 0 Å². The molecule has 2 amide bonds. The van der Waals surface area contributed by atoms with E-state index < -0.39 is 36.4 Å². The molecule has 0 radical (unpaired) electrons. The summed E-state index contributed by atoms with van der Waals surface area (Å²) in [5.41, 5.74) is 6.56. The number of nitrogens with two attached hydrogens (primary N) is 1. The van der Waals surface area contributed by atoms with E-state index in [9.17, 15) is 27.6 Å². The molecule has 1 atom stereocenters. The van der Waals surface area contributed by atoms with Crippen LogP contribution in [0.3, 0.4) is 0 Å². The van der Waals surface area contributed by atoms with Gasteiger partial charge in [0.2, 0.25) is 5.91 Å². The SMILES string of the molecule is CCN1CCC(Nc2cccc3c(CC(F)(F)F)c(C#CCNc4ccc(C(=O)NC(CCC(N)=O)C(=O)OC)cc4OCC#N)sc23)CC1. The number of hydrogen-bond acceptors (Lipinski definition) is 10. The number of rotatable bonds is 14. The molecule has 5 N–H and O–H groups in total. The minimum absolute atomic E-state index is 0.00675. The van der Waals surface area contributed by atoms with Crippen molar-refractivity contribution in [1.82, 2.24) is 10.2 Å². The first-order valence-electron chi connectivity index (χ1n) is 16.1. The van der Waals surface area contributed by atoms with Gasteiger partial charge in [-0.15, -0.1) is 11.3 Å². The van der Waals surface area contributed by atoms with Gasteiger partial charge in [-0.3, -0.25) is 9.59 Å². The minimum Gasteiger partial charge on any atom is -0.477 e. The summed E-state index contributed by atoms with van der Waals surface area (Å²) in [6.07, 6.45) is -3.88. The molecular weight excluding hydrogens is 673 g/mol. The molecule has 1 saturated heterocycles. The molecule has 266 valence electrons. The number of hydrogen-bond donors (Lipinski definition) is 4. The third-order valence-electron chi connectivity index (χ3n) is 8.17. The number of anilines is 2.